The Kier molecular flexibility index (Phi) is 4.77. The molecule has 2 aliphatic carbocycles. The average molecular weight is 348 g/mol. The Morgan fingerprint density at radius 1 is 0.840 bits per heavy atom. The molecule has 6 nitrogen and oxygen atoms in total. The maximum Gasteiger partial charge on any atom is 0.161 e. The smallest absolute Gasteiger partial charge is 0.161 e. The van der Waals surface area contributed by atoms with E-state index in [1.807, 2.05) is 6.92 Å². The summed E-state index contributed by atoms with van der Waals surface area (Å²) in [6.45, 7) is 1.96. The van der Waals surface area contributed by atoms with Gasteiger partial charge in [0.25, 0.3) is 0 Å². The molecule has 0 saturated carbocycles. The molecule has 136 valence electrons. The predicted molar refractivity (Wildman–Crippen MR) is 91.5 cm³/mol. The van der Waals surface area contributed by atoms with Crippen LogP contribution in [0.2, 0.25) is 0 Å². The summed E-state index contributed by atoms with van der Waals surface area (Å²) in [7, 11) is 6.25. The van der Waals surface area contributed by atoms with Crippen molar-refractivity contribution >= 4 is 0 Å². The van der Waals surface area contributed by atoms with Crippen LogP contribution in [0.1, 0.15) is 30.3 Å². The number of aliphatic hydroxyl groups excluding tert-OH is 2. The van der Waals surface area contributed by atoms with E-state index in [4.69, 9.17) is 18.9 Å². The van der Waals surface area contributed by atoms with Gasteiger partial charge in [-0.1, -0.05) is 6.92 Å². The molecular formula is C19H24O6. The standard InChI is InChI=1S/C19H24O6/c1-9-16-12(8-15(24-4)19(9)25-5)17(20)10-6-13(22-2)14(23-3)7-11(10)18(16)21/h6-9,17-21H,1-5H3. The van der Waals surface area contributed by atoms with Crippen LogP contribution in [0.25, 0.3) is 0 Å². The topological polar surface area (TPSA) is 77.4 Å². The van der Waals surface area contributed by atoms with Crippen LogP contribution >= 0.6 is 0 Å². The largest absolute Gasteiger partial charge is 0.498 e. The highest BCUT2D eigenvalue weighted by atomic mass is 16.5. The molecular weight excluding hydrogens is 324 g/mol. The summed E-state index contributed by atoms with van der Waals surface area (Å²) in [5.74, 6) is 1.50. The Morgan fingerprint density at radius 3 is 1.88 bits per heavy atom. The van der Waals surface area contributed by atoms with E-state index in [1.54, 1.807) is 39.5 Å². The summed E-state index contributed by atoms with van der Waals surface area (Å²) >= 11 is 0. The van der Waals surface area contributed by atoms with Crippen LogP contribution in [0.15, 0.2) is 35.1 Å². The molecule has 2 aliphatic rings. The number of ether oxygens (including phenoxy) is 4. The molecule has 3 rings (SSSR count). The van der Waals surface area contributed by atoms with Crippen molar-refractivity contribution in [3.8, 4) is 11.5 Å². The zero-order chi connectivity index (χ0) is 18.3. The van der Waals surface area contributed by atoms with Crippen LogP contribution < -0.4 is 9.47 Å². The lowest BCUT2D eigenvalue weighted by Crippen LogP contribution is -2.34. The van der Waals surface area contributed by atoms with Crippen molar-refractivity contribution in [2.75, 3.05) is 28.4 Å². The fourth-order valence-electron chi connectivity index (χ4n) is 3.85. The zero-order valence-corrected chi connectivity index (χ0v) is 15.1. The summed E-state index contributed by atoms with van der Waals surface area (Å²) in [6.07, 6.45) is -0.307. The molecule has 0 aliphatic heterocycles. The van der Waals surface area contributed by atoms with Gasteiger partial charge in [0.15, 0.2) is 11.5 Å². The van der Waals surface area contributed by atoms with Crippen LogP contribution in [0.3, 0.4) is 0 Å². The van der Waals surface area contributed by atoms with Crippen LogP contribution in [-0.2, 0) is 9.47 Å². The van der Waals surface area contributed by atoms with Crippen molar-refractivity contribution in [3.05, 3.63) is 46.2 Å². The second-order valence-electron chi connectivity index (χ2n) is 6.25. The van der Waals surface area contributed by atoms with Gasteiger partial charge in [-0.05, 0) is 40.5 Å². The third-order valence-corrected chi connectivity index (χ3v) is 5.11. The molecule has 0 fully saturated rings. The maximum absolute atomic E-state index is 11.0. The van der Waals surface area contributed by atoms with Crippen LogP contribution in [-0.4, -0.2) is 44.8 Å². The second kappa shape index (κ2) is 6.71. The molecule has 4 unspecified atom stereocenters. The summed E-state index contributed by atoms with van der Waals surface area (Å²) in [5.41, 5.74) is 2.59. The van der Waals surface area contributed by atoms with Gasteiger partial charge in [-0.3, -0.25) is 0 Å². The van der Waals surface area contributed by atoms with Gasteiger partial charge in [0.05, 0.1) is 21.3 Å². The molecule has 4 atom stereocenters. The number of hydrogen-bond acceptors (Lipinski definition) is 6. The fourth-order valence-corrected chi connectivity index (χ4v) is 3.85. The van der Waals surface area contributed by atoms with Crippen molar-refractivity contribution in [2.24, 2.45) is 5.92 Å². The Morgan fingerprint density at radius 2 is 1.40 bits per heavy atom. The number of hydrogen-bond donors (Lipinski definition) is 2. The van der Waals surface area contributed by atoms with Gasteiger partial charge in [-0.2, -0.15) is 0 Å². The van der Waals surface area contributed by atoms with E-state index in [9.17, 15) is 10.2 Å². The molecule has 6 heteroatoms. The van der Waals surface area contributed by atoms with E-state index >= 15 is 0 Å². The number of methoxy groups -OCH3 is 4. The molecule has 0 aromatic heterocycles. The molecule has 0 spiro atoms. The monoisotopic (exact) mass is 348 g/mol. The average Bonchev–Trinajstić information content (AvgIpc) is 2.64. The normalized spacial score (nSPS) is 28.0. The number of rotatable bonds is 4. The van der Waals surface area contributed by atoms with Crippen molar-refractivity contribution in [2.45, 2.75) is 25.2 Å². The Balaban J connectivity index is 2.18. The molecule has 0 heterocycles. The fraction of sp³-hybridized carbons (Fsp3) is 0.474. The molecule has 2 N–H and O–H groups in total. The first-order valence-electron chi connectivity index (χ1n) is 8.12. The van der Waals surface area contributed by atoms with Gasteiger partial charge in [0, 0.05) is 13.0 Å². The predicted octanol–water partition coefficient (Wildman–Crippen LogP) is 2.28. The third kappa shape index (κ3) is 2.61. The van der Waals surface area contributed by atoms with Gasteiger partial charge in [-0.25, -0.2) is 0 Å². The van der Waals surface area contributed by atoms with Gasteiger partial charge >= 0.3 is 0 Å². The quantitative estimate of drug-likeness (QED) is 0.869. The minimum atomic E-state index is -0.890. The lowest BCUT2D eigenvalue weighted by Gasteiger charge is -2.39. The van der Waals surface area contributed by atoms with E-state index in [-0.39, 0.29) is 12.0 Å². The number of fused-ring (bicyclic) bond motifs is 1. The van der Waals surface area contributed by atoms with E-state index in [2.05, 4.69) is 0 Å². The summed E-state index contributed by atoms with van der Waals surface area (Å²) in [5, 5.41) is 22.0. The zero-order valence-electron chi connectivity index (χ0n) is 15.1. The van der Waals surface area contributed by atoms with Crippen molar-refractivity contribution in [1.82, 2.24) is 0 Å². The molecule has 1 aromatic rings. The minimum Gasteiger partial charge on any atom is -0.498 e. The molecule has 0 saturated heterocycles. The Bertz CT molecular complexity index is 736. The molecule has 0 bridgehead atoms. The van der Waals surface area contributed by atoms with Gasteiger partial charge in [0.2, 0.25) is 0 Å². The van der Waals surface area contributed by atoms with Crippen LogP contribution in [0.5, 0.6) is 11.5 Å². The minimum absolute atomic E-state index is 0.147. The lowest BCUT2D eigenvalue weighted by atomic mass is 9.72. The third-order valence-electron chi connectivity index (χ3n) is 5.11. The second-order valence-corrected chi connectivity index (χ2v) is 6.25. The van der Waals surface area contributed by atoms with Gasteiger partial charge in [-0.15, -0.1) is 0 Å². The highest BCUT2D eigenvalue weighted by molar-refractivity contribution is 5.58. The Hall–Kier alpha value is -2.02. The van der Waals surface area contributed by atoms with E-state index in [0.29, 0.717) is 34.0 Å². The highest BCUT2D eigenvalue weighted by Crippen LogP contribution is 2.50. The first-order valence-corrected chi connectivity index (χ1v) is 8.12. The molecule has 25 heavy (non-hydrogen) atoms. The SMILES string of the molecule is COC1=CC2=C(C(O)c3cc(OC)c(OC)cc3C2O)C(C)C1OC. The molecule has 1 aromatic carbocycles. The van der Waals surface area contributed by atoms with Crippen molar-refractivity contribution in [3.63, 3.8) is 0 Å². The van der Waals surface area contributed by atoms with Crippen molar-refractivity contribution in [1.29, 1.82) is 0 Å². The van der Waals surface area contributed by atoms with Crippen LogP contribution in [0, 0.1) is 5.92 Å². The first-order chi connectivity index (χ1) is 12.0. The summed E-state index contributed by atoms with van der Waals surface area (Å²) in [6, 6.07) is 3.43. The Labute approximate surface area is 147 Å². The van der Waals surface area contributed by atoms with E-state index in [0.717, 1.165) is 5.57 Å². The maximum atomic E-state index is 11.0. The highest BCUT2D eigenvalue weighted by Gasteiger charge is 2.41. The molecule has 0 radical (unpaired) electrons. The summed E-state index contributed by atoms with van der Waals surface area (Å²) in [4.78, 5) is 0. The first kappa shape index (κ1) is 17.8. The van der Waals surface area contributed by atoms with Gasteiger partial charge < -0.3 is 29.2 Å². The lowest BCUT2D eigenvalue weighted by molar-refractivity contribution is 0.0366. The number of benzene rings is 1. The molecule has 0 amide bonds. The summed E-state index contributed by atoms with van der Waals surface area (Å²) < 4.78 is 21.6. The van der Waals surface area contributed by atoms with Crippen LogP contribution in [0.4, 0.5) is 0 Å². The number of aliphatic hydroxyl groups is 2. The van der Waals surface area contributed by atoms with Gasteiger partial charge in [0.1, 0.15) is 24.1 Å². The van der Waals surface area contributed by atoms with E-state index < -0.39 is 12.2 Å². The van der Waals surface area contributed by atoms with E-state index in [1.165, 1.54) is 7.11 Å². The van der Waals surface area contributed by atoms with Crippen molar-refractivity contribution < 1.29 is 29.2 Å².